The van der Waals surface area contributed by atoms with E-state index >= 15 is 0 Å². The minimum Gasteiger partial charge on any atom is -0.481 e. The van der Waals surface area contributed by atoms with Gasteiger partial charge in [-0.3, -0.25) is 4.79 Å². The van der Waals surface area contributed by atoms with Gasteiger partial charge in [0, 0.05) is 0 Å². The number of allylic oxidation sites excluding steroid dienone is 1. The Bertz CT molecular complexity index is 861. The van der Waals surface area contributed by atoms with Crippen LogP contribution in [-0.2, 0) is 4.79 Å². The van der Waals surface area contributed by atoms with Crippen LogP contribution in [0.3, 0.4) is 0 Å². The Labute approximate surface area is 201 Å². The fraction of sp³-hybridized carbons (Fsp3) is 0.900. The summed E-state index contributed by atoms with van der Waals surface area (Å²) in [7, 11) is 0. The molecule has 0 unspecified atom stereocenters. The number of fused-ring (bicyclic) bond motifs is 7. The predicted molar refractivity (Wildman–Crippen MR) is 133 cm³/mol. The zero-order chi connectivity index (χ0) is 24.2. The molecule has 0 aromatic rings. The lowest BCUT2D eigenvalue weighted by atomic mass is 9.32. The van der Waals surface area contributed by atoms with Crippen LogP contribution < -0.4 is 0 Å². The van der Waals surface area contributed by atoms with Crippen molar-refractivity contribution in [1.82, 2.24) is 0 Å². The number of rotatable bonds is 2. The summed E-state index contributed by atoms with van der Waals surface area (Å²) in [6.07, 6.45) is 10.5. The number of aliphatic carboxylic acids is 1. The SMILES string of the molecule is C=C(C)[C@@H]1CC[C@@]2(C(=O)O)CC[C@]3(C)[C@H](CC[C@@H]4[C@]5(C)CC[C@@H](O)C(C)(C)[C@H]5CC[C@@]43C)[C@@H]12. The van der Waals surface area contributed by atoms with Crippen molar-refractivity contribution in [3.8, 4) is 0 Å². The van der Waals surface area contributed by atoms with Crippen molar-refractivity contribution < 1.29 is 15.0 Å². The predicted octanol–water partition coefficient (Wildman–Crippen LogP) is 7.09. The Kier molecular flexibility index (Phi) is 5.15. The van der Waals surface area contributed by atoms with Gasteiger partial charge in [0.15, 0.2) is 0 Å². The molecule has 5 rings (SSSR count). The summed E-state index contributed by atoms with van der Waals surface area (Å²) >= 11 is 0. The van der Waals surface area contributed by atoms with Crippen molar-refractivity contribution in [2.45, 2.75) is 112 Å². The molecule has 0 bridgehead atoms. The summed E-state index contributed by atoms with van der Waals surface area (Å²) in [5.74, 6) is 1.79. The zero-order valence-electron chi connectivity index (χ0n) is 22.0. The van der Waals surface area contributed by atoms with Gasteiger partial charge in [0.25, 0.3) is 0 Å². The van der Waals surface area contributed by atoms with E-state index in [9.17, 15) is 15.0 Å². The molecule has 33 heavy (non-hydrogen) atoms. The average Bonchev–Trinajstić information content (AvgIpc) is 3.13. The van der Waals surface area contributed by atoms with Crippen LogP contribution in [0.4, 0.5) is 0 Å². The minimum absolute atomic E-state index is 0.0202. The van der Waals surface area contributed by atoms with Crippen LogP contribution in [0, 0.1) is 56.7 Å². The maximum absolute atomic E-state index is 12.8. The first-order valence-electron chi connectivity index (χ1n) is 13.8. The van der Waals surface area contributed by atoms with Gasteiger partial charge in [0.05, 0.1) is 11.5 Å². The van der Waals surface area contributed by atoms with Crippen LogP contribution in [0.15, 0.2) is 12.2 Å². The number of carboxylic acid groups (broad SMARTS) is 1. The molecule has 3 nitrogen and oxygen atoms in total. The lowest BCUT2D eigenvalue weighted by Gasteiger charge is -2.72. The molecular weight excluding hydrogens is 408 g/mol. The number of hydrogen-bond donors (Lipinski definition) is 2. The first-order chi connectivity index (χ1) is 15.3. The molecule has 0 aromatic carbocycles. The second kappa shape index (κ2) is 7.11. The van der Waals surface area contributed by atoms with Crippen LogP contribution in [-0.4, -0.2) is 22.3 Å². The van der Waals surface area contributed by atoms with Crippen LogP contribution in [0.2, 0.25) is 0 Å². The quantitative estimate of drug-likeness (QED) is 0.436. The molecule has 5 saturated carbocycles. The van der Waals surface area contributed by atoms with E-state index in [1.165, 1.54) is 31.3 Å². The Morgan fingerprint density at radius 1 is 0.818 bits per heavy atom. The first kappa shape index (κ1) is 23.9. The molecule has 0 saturated heterocycles. The summed E-state index contributed by atoms with van der Waals surface area (Å²) in [5, 5.41) is 21.4. The molecule has 0 aromatic heterocycles. The highest BCUT2D eigenvalue weighted by Gasteiger charge is 2.71. The van der Waals surface area contributed by atoms with E-state index in [2.05, 4.69) is 48.1 Å². The second-order valence-corrected chi connectivity index (χ2v) is 14.5. The Morgan fingerprint density at radius 2 is 1.52 bits per heavy atom. The van der Waals surface area contributed by atoms with Gasteiger partial charge in [-0.05, 0) is 122 Å². The van der Waals surface area contributed by atoms with Gasteiger partial charge in [-0.15, -0.1) is 0 Å². The third-order valence-electron chi connectivity index (χ3n) is 13.5. The number of aliphatic hydroxyl groups is 1. The van der Waals surface area contributed by atoms with Gasteiger partial charge >= 0.3 is 5.97 Å². The number of hydrogen-bond acceptors (Lipinski definition) is 2. The summed E-state index contributed by atoms with van der Waals surface area (Å²) in [6.45, 7) is 18.8. The molecule has 3 heteroatoms. The van der Waals surface area contributed by atoms with Crippen LogP contribution in [0.25, 0.3) is 0 Å². The van der Waals surface area contributed by atoms with Crippen molar-refractivity contribution >= 4 is 5.97 Å². The van der Waals surface area contributed by atoms with Gasteiger partial charge in [0.2, 0.25) is 0 Å². The van der Waals surface area contributed by atoms with E-state index in [4.69, 9.17) is 0 Å². The van der Waals surface area contributed by atoms with Crippen molar-refractivity contribution in [2.24, 2.45) is 56.7 Å². The maximum Gasteiger partial charge on any atom is 0.309 e. The Hall–Kier alpha value is -0.830. The van der Waals surface area contributed by atoms with Crippen molar-refractivity contribution in [3.63, 3.8) is 0 Å². The highest BCUT2D eigenvalue weighted by Crippen LogP contribution is 2.77. The summed E-state index contributed by atoms with van der Waals surface area (Å²) < 4.78 is 0. The third-order valence-corrected chi connectivity index (χ3v) is 13.5. The molecule has 10 atom stereocenters. The molecule has 2 N–H and O–H groups in total. The second-order valence-electron chi connectivity index (χ2n) is 14.5. The van der Waals surface area contributed by atoms with E-state index in [0.717, 1.165) is 38.5 Å². The number of carbonyl (C=O) groups is 1. The Balaban J connectivity index is 1.57. The smallest absolute Gasteiger partial charge is 0.309 e. The molecule has 5 fully saturated rings. The van der Waals surface area contributed by atoms with E-state index in [-0.39, 0.29) is 33.7 Å². The molecular formula is C30H48O3. The topological polar surface area (TPSA) is 57.5 Å². The molecule has 0 spiro atoms. The van der Waals surface area contributed by atoms with Crippen molar-refractivity contribution in [1.29, 1.82) is 0 Å². The molecule has 0 heterocycles. The van der Waals surface area contributed by atoms with Gasteiger partial charge < -0.3 is 10.2 Å². The normalized spacial score (nSPS) is 55.0. The molecule has 5 aliphatic rings. The largest absolute Gasteiger partial charge is 0.481 e. The summed E-state index contributed by atoms with van der Waals surface area (Å²) in [6, 6.07) is 0. The lowest BCUT2D eigenvalue weighted by Crippen LogP contribution is -2.67. The molecule has 5 aliphatic carbocycles. The third kappa shape index (κ3) is 2.75. The van der Waals surface area contributed by atoms with Gasteiger partial charge in [0.1, 0.15) is 0 Å². The van der Waals surface area contributed by atoms with Crippen molar-refractivity contribution in [3.05, 3.63) is 12.2 Å². The minimum atomic E-state index is -0.538. The lowest BCUT2D eigenvalue weighted by molar-refractivity contribution is -0.248. The van der Waals surface area contributed by atoms with Gasteiger partial charge in [-0.1, -0.05) is 46.8 Å². The summed E-state index contributed by atoms with van der Waals surface area (Å²) in [5.41, 5.74) is 1.35. The van der Waals surface area contributed by atoms with Gasteiger partial charge in [-0.2, -0.15) is 0 Å². The highest BCUT2D eigenvalue weighted by atomic mass is 16.4. The van der Waals surface area contributed by atoms with Crippen molar-refractivity contribution in [2.75, 3.05) is 0 Å². The fourth-order valence-corrected chi connectivity index (χ4v) is 11.5. The highest BCUT2D eigenvalue weighted by molar-refractivity contribution is 5.76. The van der Waals surface area contributed by atoms with E-state index < -0.39 is 11.4 Å². The first-order valence-corrected chi connectivity index (χ1v) is 13.8. The zero-order valence-corrected chi connectivity index (χ0v) is 22.0. The van der Waals surface area contributed by atoms with E-state index in [1.54, 1.807) is 0 Å². The monoisotopic (exact) mass is 456 g/mol. The molecule has 0 aliphatic heterocycles. The van der Waals surface area contributed by atoms with Crippen LogP contribution >= 0.6 is 0 Å². The van der Waals surface area contributed by atoms with Gasteiger partial charge in [-0.25, -0.2) is 0 Å². The maximum atomic E-state index is 12.8. The molecule has 0 amide bonds. The number of aliphatic hydroxyl groups excluding tert-OH is 1. The molecule has 186 valence electrons. The standard InChI is InChI=1S/C30H48O3/c1-18(2)19-10-15-30(25(32)33)17-16-28(6)20(24(19)30)8-9-22-27(5)13-12-23(31)26(3,4)21(27)11-14-29(22,28)7/h19-24,31H,1,8-17H2,2-7H3,(H,32,33)/t19-,20+,21+,22+,23+,24+,27+,28+,29-,30+/m0/s1. The molecule has 0 radical (unpaired) electrons. The fourth-order valence-electron chi connectivity index (χ4n) is 11.5. The van der Waals surface area contributed by atoms with E-state index in [0.29, 0.717) is 23.7 Å². The average molecular weight is 457 g/mol. The van der Waals surface area contributed by atoms with E-state index in [1.807, 2.05) is 0 Å². The summed E-state index contributed by atoms with van der Waals surface area (Å²) in [4.78, 5) is 12.8. The van der Waals surface area contributed by atoms with Crippen LogP contribution in [0.5, 0.6) is 0 Å². The number of carboxylic acids is 1. The van der Waals surface area contributed by atoms with Crippen LogP contribution in [0.1, 0.15) is 106 Å². The Morgan fingerprint density at radius 3 is 2.15 bits per heavy atom.